The van der Waals surface area contributed by atoms with Crippen LogP contribution in [0.4, 0.5) is 5.69 Å². The maximum atomic E-state index is 13.9. The maximum Gasteiger partial charge on any atom is 0.264 e. The molecule has 0 heterocycles. The van der Waals surface area contributed by atoms with Crippen LogP contribution < -0.4 is 19.1 Å². The first kappa shape index (κ1) is 30.5. The number of hydrogen-bond donors (Lipinski definition) is 1. The van der Waals surface area contributed by atoms with Crippen LogP contribution in [0.5, 0.6) is 11.5 Å². The fraction of sp³-hybridized carbons (Fsp3) is 0.333. The topological polar surface area (TPSA) is 105 Å². The molecule has 0 saturated carbocycles. The van der Waals surface area contributed by atoms with Crippen molar-refractivity contribution in [2.45, 2.75) is 38.3 Å². The molecule has 0 saturated heterocycles. The van der Waals surface area contributed by atoms with Crippen molar-refractivity contribution in [3.8, 4) is 11.5 Å². The highest BCUT2D eigenvalue weighted by Gasteiger charge is 2.32. The number of carbonyl (C=O) groups excluding carboxylic acids is 2. The molecule has 9 nitrogen and oxygen atoms in total. The zero-order valence-corrected chi connectivity index (χ0v) is 24.4. The van der Waals surface area contributed by atoms with E-state index >= 15 is 0 Å². The van der Waals surface area contributed by atoms with Crippen LogP contribution in [0.15, 0.2) is 83.8 Å². The molecular weight excluding hydrogens is 530 g/mol. The van der Waals surface area contributed by atoms with E-state index in [1.165, 1.54) is 24.1 Å². The van der Waals surface area contributed by atoms with Crippen molar-refractivity contribution in [3.63, 3.8) is 0 Å². The summed E-state index contributed by atoms with van der Waals surface area (Å²) < 4.78 is 39.1. The van der Waals surface area contributed by atoms with Crippen LogP contribution in [0.3, 0.4) is 0 Å². The van der Waals surface area contributed by atoms with Gasteiger partial charge in [-0.2, -0.15) is 0 Å². The van der Waals surface area contributed by atoms with Gasteiger partial charge in [-0.15, -0.1) is 0 Å². The zero-order valence-electron chi connectivity index (χ0n) is 23.5. The number of benzene rings is 3. The molecule has 214 valence electrons. The van der Waals surface area contributed by atoms with Gasteiger partial charge in [0.05, 0.1) is 24.8 Å². The first-order chi connectivity index (χ1) is 19.1. The van der Waals surface area contributed by atoms with Crippen molar-refractivity contribution in [2.24, 2.45) is 5.92 Å². The highest BCUT2D eigenvalue weighted by Crippen LogP contribution is 2.26. The Morgan fingerprint density at radius 1 is 0.825 bits per heavy atom. The van der Waals surface area contributed by atoms with E-state index < -0.39 is 28.5 Å². The van der Waals surface area contributed by atoms with Gasteiger partial charge in [0.15, 0.2) is 0 Å². The van der Waals surface area contributed by atoms with E-state index in [-0.39, 0.29) is 23.3 Å². The van der Waals surface area contributed by atoms with Gasteiger partial charge in [0.2, 0.25) is 11.8 Å². The molecule has 3 aromatic rings. The Balaban J connectivity index is 1.99. The molecule has 0 aliphatic carbocycles. The van der Waals surface area contributed by atoms with Crippen LogP contribution in [-0.2, 0) is 26.2 Å². The number of nitrogens with one attached hydrogen (secondary N) is 1. The number of nitrogens with zero attached hydrogens (tertiary/aromatic N) is 2. The van der Waals surface area contributed by atoms with E-state index in [0.717, 1.165) is 9.87 Å². The third kappa shape index (κ3) is 7.75. The van der Waals surface area contributed by atoms with Gasteiger partial charge in [-0.05, 0) is 66.9 Å². The van der Waals surface area contributed by atoms with Crippen LogP contribution >= 0.6 is 0 Å². The molecule has 1 unspecified atom stereocenters. The van der Waals surface area contributed by atoms with E-state index in [4.69, 9.17) is 9.47 Å². The Morgan fingerprint density at radius 2 is 1.38 bits per heavy atom. The van der Waals surface area contributed by atoms with Crippen molar-refractivity contribution >= 4 is 27.5 Å². The molecule has 0 bridgehead atoms. The van der Waals surface area contributed by atoms with Crippen molar-refractivity contribution in [3.05, 3.63) is 84.4 Å². The van der Waals surface area contributed by atoms with Crippen molar-refractivity contribution in [2.75, 3.05) is 31.6 Å². The van der Waals surface area contributed by atoms with Gasteiger partial charge in [-0.25, -0.2) is 8.42 Å². The number of methoxy groups -OCH3 is 2. The van der Waals surface area contributed by atoms with Gasteiger partial charge in [0, 0.05) is 13.1 Å². The summed E-state index contributed by atoms with van der Waals surface area (Å²) in [6.07, 6.45) is 0. The maximum absolute atomic E-state index is 13.9. The second-order valence-electron chi connectivity index (χ2n) is 9.71. The average molecular weight is 568 g/mol. The van der Waals surface area contributed by atoms with Crippen molar-refractivity contribution < 1.29 is 27.5 Å². The second kappa shape index (κ2) is 13.8. The smallest absolute Gasteiger partial charge is 0.264 e. The molecule has 3 rings (SSSR count). The quantitative estimate of drug-likeness (QED) is 0.334. The van der Waals surface area contributed by atoms with E-state index in [9.17, 15) is 18.0 Å². The third-order valence-corrected chi connectivity index (χ3v) is 8.12. The molecule has 40 heavy (non-hydrogen) atoms. The highest BCUT2D eigenvalue weighted by molar-refractivity contribution is 7.92. The monoisotopic (exact) mass is 567 g/mol. The summed E-state index contributed by atoms with van der Waals surface area (Å²) in [6, 6.07) is 20.6. The Morgan fingerprint density at radius 3 is 1.90 bits per heavy atom. The third-order valence-electron chi connectivity index (χ3n) is 6.33. The second-order valence-corrected chi connectivity index (χ2v) is 11.6. The molecule has 0 fully saturated rings. The van der Waals surface area contributed by atoms with Gasteiger partial charge in [0.25, 0.3) is 10.0 Å². The lowest BCUT2D eigenvalue weighted by Crippen LogP contribution is -2.51. The Hall–Kier alpha value is -4.05. The molecular formula is C30H37N3O6S. The summed E-state index contributed by atoms with van der Waals surface area (Å²) in [4.78, 5) is 28.4. The summed E-state index contributed by atoms with van der Waals surface area (Å²) in [7, 11) is -1.05. The lowest BCUT2D eigenvalue weighted by Gasteiger charge is -2.32. The summed E-state index contributed by atoms with van der Waals surface area (Å²) in [5.74, 6) is 0.576. The number of hydrogen-bond acceptors (Lipinski definition) is 6. The first-order valence-corrected chi connectivity index (χ1v) is 14.4. The lowest BCUT2D eigenvalue weighted by atomic mass is 10.1. The SMILES string of the molecule is COc1ccc(CN(C(=O)CN(c2ccc(OC)cc2)S(=O)(=O)c2ccccc2)C(C)C(=O)NCC(C)C)cc1. The lowest BCUT2D eigenvalue weighted by molar-refractivity contribution is -0.139. The first-order valence-electron chi connectivity index (χ1n) is 13.0. The van der Waals surface area contributed by atoms with Crippen molar-refractivity contribution in [1.29, 1.82) is 0 Å². The minimum absolute atomic E-state index is 0.0445. The molecule has 1 atom stereocenters. The molecule has 3 aromatic carbocycles. The average Bonchev–Trinajstić information content (AvgIpc) is 2.97. The predicted octanol–water partition coefficient (Wildman–Crippen LogP) is 4.09. The number of amides is 2. The number of ether oxygens (including phenoxy) is 2. The number of sulfonamides is 1. The largest absolute Gasteiger partial charge is 0.497 e. The van der Waals surface area contributed by atoms with Gasteiger partial charge >= 0.3 is 0 Å². The number of rotatable bonds is 13. The van der Waals surface area contributed by atoms with Gasteiger partial charge in [-0.1, -0.05) is 44.2 Å². The molecule has 1 N–H and O–H groups in total. The van der Waals surface area contributed by atoms with Crippen LogP contribution in [0.25, 0.3) is 0 Å². The van der Waals surface area contributed by atoms with E-state index in [1.807, 2.05) is 13.8 Å². The molecule has 2 amide bonds. The van der Waals surface area contributed by atoms with E-state index in [2.05, 4.69) is 5.32 Å². The molecule has 0 aliphatic rings. The fourth-order valence-corrected chi connectivity index (χ4v) is 5.39. The van der Waals surface area contributed by atoms with Crippen molar-refractivity contribution in [1.82, 2.24) is 10.2 Å². The minimum Gasteiger partial charge on any atom is -0.497 e. The Labute approximate surface area is 236 Å². The minimum atomic E-state index is -4.12. The fourth-order valence-electron chi connectivity index (χ4n) is 3.96. The summed E-state index contributed by atoms with van der Waals surface area (Å²) >= 11 is 0. The van der Waals surface area contributed by atoms with Gasteiger partial charge < -0.3 is 19.7 Å². The van der Waals surface area contributed by atoms with Crippen LogP contribution in [0.2, 0.25) is 0 Å². The number of carbonyl (C=O) groups is 2. The predicted molar refractivity (Wildman–Crippen MR) is 155 cm³/mol. The zero-order chi connectivity index (χ0) is 29.3. The molecule has 0 aromatic heterocycles. The standard InChI is InChI=1S/C30H37N3O6S/c1-22(2)19-31-30(35)23(3)32(20-24-11-15-26(38-4)16-12-24)29(34)21-33(25-13-17-27(39-5)18-14-25)40(36,37)28-9-7-6-8-10-28/h6-18,22-23H,19-21H2,1-5H3,(H,31,35). The van der Waals surface area contributed by atoms with Gasteiger partial charge in [0.1, 0.15) is 24.1 Å². The number of anilines is 1. The molecule has 0 aliphatic heterocycles. The van der Waals surface area contributed by atoms with Gasteiger partial charge in [-0.3, -0.25) is 13.9 Å². The Kier molecular flexibility index (Phi) is 10.6. The summed E-state index contributed by atoms with van der Waals surface area (Å²) in [6.45, 7) is 5.63. The molecule has 0 radical (unpaired) electrons. The van der Waals surface area contributed by atoms with Crippen LogP contribution in [0.1, 0.15) is 26.3 Å². The van der Waals surface area contributed by atoms with Crippen LogP contribution in [-0.4, -0.2) is 58.5 Å². The van der Waals surface area contributed by atoms with Crippen LogP contribution in [0, 0.1) is 5.92 Å². The van der Waals surface area contributed by atoms with E-state index in [1.54, 1.807) is 80.8 Å². The van der Waals surface area contributed by atoms with E-state index in [0.29, 0.717) is 23.7 Å². The normalized spacial score (nSPS) is 11.9. The Bertz CT molecular complexity index is 1360. The highest BCUT2D eigenvalue weighted by atomic mass is 32.2. The molecule has 10 heteroatoms. The molecule has 0 spiro atoms. The summed E-state index contributed by atoms with van der Waals surface area (Å²) in [5.41, 5.74) is 1.05. The summed E-state index contributed by atoms with van der Waals surface area (Å²) in [5, 5.41) is 2.88.